The first-order chi connectivity index (χ1) is 11.6. The third-order valence-electron chi connectivity index (χ3n) is 4.97. The number of H-pyrrole nitrogens is 1. The average Bonchev–Trinajstić information content (AvgIpc) is 3.20. The molecular weight excluding hydrogens is 346 g/mol. The van der Waals surface area contributed by atoms with Crippen LogP contribution in [0.15, 0.2) is 17.1 Å². The van der Waals surface area contributed by atoms with Gasteiger partial charge < -0.3 is 20.3 Å². The molecule has 0 saturated carbocycles. The average molecular weight is 368 g/mol. The molecule has 25 heavy (non-hydrogen) atoms. The molecule has 0 bridgehead atoms. The van der Waals surface area contributed by atoms with Crippen molar-refractivity contribution in [1.82, 2.24) is 24.8 Å². The van der Waals surface area contributed by atoms with Gasteiger partial charge in [-0.2, -0.15) is 5.10 Å². The molecule has 2 fully saturated rings. The molecule has 0 spiro atoms. The molecule has 2 aromatic heterocycles. The summed E-state index contributed by atoms with van der Waals surface area (Å²) in [7, 11) is 0. The molecule has 136 valence electrons. The number of aliphatic hydroxyl groups excluding tert-OH is 1. The molecule has 4 rings (SSSR count). The quantitative estimate of drug-likeness (QED) is 0.699. The lowest BCUT2D eigenvalue weighted by molar-refractivity contribution is 0.0766. The van der Waals surface area contributed by atoms with Crippen molar-refractivity contribution < 1.29 is 9.90 Å². The van der Waals surface area contributed by atoms with Crippen LogP contribution in [0.3, 0.4) is 0 Å². The summed E-state index contributed by atoms with van der Waals surface area (Å²) in [5.41, 5.74) is 1.47. The number of aliphatic hydroxyl groups is 1. The first kappa shape index (κ1) is 17.9. The predicted octanol–water partition coefficient (Wildman–Crippen LogP) is 0.118. The minimum Gasteiger partial charge on any atom is -0.391 e. The van der Waals surface area contributed by atoms with Gasteiger partial charge in [0, 0.05) is 25.1 Å². The van der Waals surface area contributed by atoms with Gasteiger partial charge in [-0.05, 0) is 32.4 Å². The summed E-state index contributed by atoms with van der Waals surface area (Å²) in [6, 6.07) is 1.59. The maximum atomic E-state index is 12.7. The van der Waals surface area contributed by atoms with Gasteiger partial charge in [0.15, 0.2) is 0 Å². The molecule has 1 amide bonds. The van der Waals surface area contributed by atoms with E-state index in [2.05, 4.69) is 15.4 Å². The second-order valence-corrected chi connectivity index (χ2v) is 6.60. The van der Waals surface area contributed by atoms with E-state index >= 15 is 0 Å². The summed E-state index contributed by atoms with van der Waals surface area (Å²) in [4.78, 5) is 29.2. The zero-order chi connectivity index (χ0) is 16.7. The minimum atomic E-state index is -0.472. The number of hydrogen-bond donors (Lipinski definition) is 3. The number of aromatic amines is 1. The lowest BCUT2D eigenvalue weighted by Crippen LogP contribution is -2.30. The van der Waals surface area contributed by atoms with Crippen LogP contribution in [0.4, 0.5) is 0 Å². The molecule has 2 aliphatic rings. The monoisotopic (exact) mass is 367 g/mol. The molecule has 4 heterocycles. The van der Waals surface area contributed by atoms with Crippen LogP contribution in [-0.4, -0.2) is 62.8 Å². The van der Waals surface area contributed by atoms with E-state index in [1.807, 2.05) is 0 Å². The van der Waals surface area contributed by atoms with Crippen molar-refractivity contribution in [2.75, 3.05) is 26.2 Å². The topological polar surface area (TPSA) is 103 Å². The molecule has 0 aliphatic carbocycles. The fourth-order valence-electron chi connectivity index (χ4n) is 3.67. The van der Waals surface area contributed by atoms with E-state index < -0.39 is 6.10 Å². The Bertz CT molecular complexity index is 827. The summed E-state index contributed by atoms with van der Waals surface area (Å²) in [6.07, 6.45) is 3.52. The number of amides is 1. The molecule has 2 aliphatic heterocycles. The van der Waals surface area contributed by atoms with Gasteiger partial charge in [-0.15, -0.1) is 12.4 Å². The predicted molar refractivity (Wildman–Crippen MR) is 94.4 cm³/mol. The fourth-order valence-corrected chi connectivity index (χ4v) is 3.67. The zero-order valence-electron chi connectivity index (χ0n) is 13.8. The summed E-state index contributed by atoms with van der Waals surface area (Å²) < 4.78 is 1.69. The molecule has 8 nitrogen and oxygen atoms in total. The van der Waals surface area contributed by atoms with Gasteiger partial charge >= 0.3 is 0 Å². The van der Waals surface area contributed by atoms with Crippen LogP contribution in [-0.2, 0) is 0 Å². The Morgan fingerprint density at radius 1 is 1.28 bits per heavy atom. The minimum absolute atomic E-state index is 0. The lowest BCUT2D eigenvalue weighted by Gasteiger charge is -2.23. The van der Waals surface area contributed by atoms with Crippen molar-refractivity contribution in [1.29, 1.82) is 0 Å². The highest BCUT2D eigenvalue weighted by Crippen LogP contribution is 2.25. The maximum Gasteiger partial charge on any atom is 0.259 e. The van der Waals surface area contributed by atoms with E-state index in [-0.39, 0.29) is 29.8 Å². The second kappa shape index (κ2) is 7.15. The third kappa shape index (κ3) is 3.29. The highest BCUT2D eigenvalue weighted by Gasteiger charge is 2.28. The molecule has 1 atom stereocenters. The Hall–Kier alpha value is -1.90. The van der Waals surface area contributed by atoms with Gasteiger partial charge in [-0.25, -0.2) is 4.52 Å². The SMILES string of the molecule is Cl.O=C(c1cnn2c(C3CCNCC3)cc(=O)[nH]c12)N1CC[C@@H](O)C1. The van der Waals surface area contributed by atoms with Crippen LogP contribution in [0.1, 0.15) is 41.2 Å². The van der Waals surface area contributed by atoms with Crippen LogP contribution in [0.2, 0.25) is 0 Å². The highest BCUT2D eigenvalue weighted by molar-refractivity contribution is 5.99. The summed E-state index contributed by atoms with van der Waals surface area (Å²) in [6.45, 7) is 2.68. The van der Waals surface area contributed by atoms with Crippen molar-refractivity contribution >= 4 is 24.0 Å². The maximum absolute atomic E-state index is 12.7. The Balaban J connectivity index is 0.00000182. The van der Waals surface area contributed by atoms with Gasteiger partial charge in [0.2, 0.25) is 0 Å². The highest BCUT2D eigenvalue weighted by atomic mass is 35.5. The first-order valence-corrected chi connectivity index (χ1v) is 8.42. The number of likely N-dealkylation sites (tertiary alicyclic amines) is 1. The summed E-state index contributed by atoms with van der Waals surface area (Å²) in [5, 5.41) is 17.3. The molecule has 2 aromatic rings. The Morgan fingerprint density at radius 2 is 2.04 bits per heavy atom. The molecule has 9 heteroatoms. The van der Waals surface area contributed by atoms with Crippen LogP contribution in [0.25, 0.3) is 5.65 Å². The first-order valence-electron chi connectivity index (χ1n) is 8.42. The second-order valence-electron chi connectivity index (χ2n) is 6.60. The van der Waals surface area contributed by atoms with E-state index in [1.165, 1.54) is 6.20 Å². The number of hydrogen-bond acceptors (Lipinski definition) is 5. The fraction of sp³-hybridized carbons (Fsp3) is 0.562. The van der Waals surface area contributed by atoms with Crippen molar-refractivity contribution in [3.63, 3.8) is 0 Å². The van der Waals surface area contributed by atoms with Gasteiger partial charge in [-0.1, -0.05) is 0 Å². The lowest BCUT2D eigenvalue weighted by atomic mass is 9.94. The van der Waals surface area contributed by atoms with Crippen LogP contribution in [0.5, 0.6) is 0 Å². The van der Waals surface area contributed by atoms with Gasteiger partial charge in [0.05, 0.1) is 18.0 Å². The van der Waals surface area contributed by atoms with Crippen LogP contribution < -0.4 is 10.9 Å². The van der Waals surface area contributed by atoms with Crippen LogP contribution in [0, 0.1) is 0 Å². The Labute approximate surface area is 150 Å². The van der Waals surface area contributed by atoms with E-state index in [0.29, 0.717) is 30.7 Å². The number of β-amino-alcohol motifs (C(OH)–C–C–N with tert-alkyl or cyclic N) is 1. The molecule has 0 radical (unpaired) electrons. The molecule has 0 unspecified atom stereocenters. The normalized spacial score (nSPS) is 21.5. The van der Waals surface area contributed by atoms with E-state index in [4.69, 9.17) is 0 Å². The number of carbonyl (C=O) groups is 1. The number of nitrogens with zero attached hydrogens (tertiary/aromatic N) is 3. The zero-order valence-corrected chi connectivity index (χ0v) is 14.6. The Kier molecular flexibility index (Phi) is 5.12. The number of aromatic nitrogens is 3. The number of fused-ring (bicyclic) bond motifs is 1. The molecule has 2 saturated heterocycles. The van der Waals surface area contributed by atoms with Crippen molar-refractivity contribution in [2.45, 2.75) is 31.3 Å². The Morgan fingerprint density at radius 3 is 2.72 bits per heavy atom. The van der Waals surface area contributed by atoms with E-state index in [0.717, 1.165) is 31.6 Å². The van der Waals surface area contributed by atoms with Gasteiger partial charge in [0.1, 0.15) is 11.2 Å². The van der Waals surface area contributed by atoms with Crippen molar-refractivity contribution in [3.8, 4) is 0 Å². The largest absolute Gasteiger partial charge is 0.391 e. The van der Waals surface area contributed by atoms with Crippen LogP contribution >= 0.6 is 12.4 Å². The number of nitrogens with one attached hydrogen (secondary N) is 2. The smallest absolute Gasteiger partial charge is 0.259 e. The van der Waals surface area contributed by atoms with Crippen molar-refractivity contribution in [3.05, 3.63) is 33.9 Å². The standard InChI is InChI=1S/C16H21N5O3.ClH/c22-11-3-6-20(9-11)16(24)12-8-18-21-13(7-14(23)19-15(12)21)10-1-4-17-5-2-10;/h7-8,10-11,17,22H,1-6,9H2,(H,19,23);1H/t11-;/m1./s1. The summed E-state index contributed by atoms with van der Waals surface area (Å²) in [5.74, 6) is 0.0622. The number of piperidine rings is 1. The van der Waals surface area contributed by atoms with Gasteiger partial charge in [0.25, 0.3) is 11.5 Å². The van der Waals surface area contributed by atoms with E-state index in [9.17, 15) is 14.7 Å². The summed E-state index contributed by atoms with van der Waals surface area (Å²) >= 11 is 0. The van der Waals surface area contributed by atoms with E-state index in [1.54, 1.807) is 15.5 Å². The number of rotatable bonds is 2. The third-order valence-corrected chi connectivity index (χ3v) is 4.97. The number of halogens is 1. The molecule has 3 N–H and O–H groups in total. The van der Waals surface area contributed by atoms with Crippen molar-refractivity contribution in [2.24, 2.45) is 0 Å². The molecule has 0 aromatic carbocycles. The van der Waals surface area contributed by atoms with Gasteiger partial charge in [-0.3, -0.25) is 9.59 Å². The number of carbonyl (C=O) groups excluding carboxylic acids is 1. The molecular formula is C16H22ClN5O3.